The first-order valence-electron chi connectivity index (χ1n) is 12.1. The lowest BCUT2D eigenvalue weighted by Gasteiger charge is -2.31. The fourth-order valence-corrected chi connectivity index (χ4v) is 3.10. The van der Waals surface area contributed by atoms with Gasteiger partial charge in [0, 0.05) is 0 Å². The van der Waals surface area contributed by atoms with Crippen molar-refractivity contribution < 1.29 is 19.6 Å². The van der Waals surface area contributed by atoms with Gasteiger partial charge in [0.15, 0.2) is 0 Å². The molecule has 35 heavy (non-hydrogen) atoms. The van der Waals surface area contributed by atoms with Gasteiger partial charge in [0.1, 0.15) is 16.8 Å². The molecule has 0 atom stereocenters. The van der Waals surface area contributed by atoms with Crippen molar-refractivity contribution in [1.82, 2.24) is 0 Å². The third-order valence-electron chi connectivity index (χ3n) is 5.37. The Morgan fingerprint density at radius 2 is 0.571 bits per heavy atom. The molecule has 0 fully saturated rings. The lowest BCUT2D eigenvalue weighted by atomic mass is 9.98. The van der Waals surface area contributed by atoms with Gasteiger partial charge in [-0.15, -0.1) is 0 Å². The Morgan fingerprint density at radius 3 is 0.800 bits per heavy atom. The van der Waals surface area contributed by atoms with Crippen molar-refractivity contribution in [3.63, 3.8) is 0 Å². The van der Waals surface area contributed by atoms with Crippen LogP contribution < -0.4 is 0 Å². The fourth-order valence-electron chi connectivity index (χ4n) is 3.10. The van der Waals surface area contributed by atoms with E-state index < -0.39 is 16.8 Å². The first-order valence-corrected chi connectivity index (χ1v) is 12.1. The van der Waals surface area contributed by atoms with Gasteiger partial charge in [-0.1, -0.05) is 91.0 Å². The van der Waals surface area contributed by atoms with Crippen LogP contribution in [0.1, 0.15) is 79.0 Å². The normalized spacial score (nSPS) is 12.6. The zero-order chi connectivity index (χ0) is 26.2. The van der Waals surface area contributed by atoms with Gasteiger partial charge in [0.25, 0.3) is 0 Å². The molecule has 0 saturated carbocycles. The van der Waals surface area contributed by atoms with E-state index in [0.717, 1.165) is 16.7 Å². The van der Waals surface area contributed by atoms with E-state index >= 15 is 0 Å². The largest absolute Gasteiger partial charge is 0.230 e. The summed E-state index contributed by atoms with van der Waals surface area (Å²) in [5.74, 6) is 0. The molecule has 0 aromatic heterocycles. The molecule has 0 aliphatic heterocycles. The van der Waals surface area contributed by atoms with Gasteiger partial charge in [-0.25, -0.2) is 19.6 Å². The summed E-state index contributed by atoms with van der Waals surface area (Å²) in [4.78, 5) is 22.3. The van der Waals surface area contributed by atoms with Crippen LogP contribution in [0.5, 0.6) is 0 Å². The minimum atomic E-state index is -0.493. The van der Waals surface area contributed by atoms with Gasteiger partial charge in [-0.2, -0.15) is 0 Å². The highest BCUT2D eigenvalue weighted by Gasteiger charge is 2.29. The van der Waals surface area contributed by atoms with Crippen LogP contribution in [-0.2, 0) is 36.4 Å². The van der Waals surface area contributed by atoms with Crippen LogP contribution in [0, 0.1) is 0 Å². The van der Waals surface area contributed by atoms with E-state index in [9.17, 15) is 0 Å². The molecule has 0 spiro atoms. The molecule has 0 bridgehead atoms. The molecule has 3 aromatic rings. The number of benzene rings is 3. The maximum atomic E-state index is 5.73. The van der Waals surface area contributed by atoms with Gasteiger partial charge in [-0.05, 0) is 79.0 Å². The Kier molecular flexibility index (Phi) is 9.82. The van der Waals surface area contributed by atoms with E-state index in [1.54, 1.807) is 0 Å². The molecule has 0 aliphatic carbocycles. The second-order valence-corrected chi connectivity index (χ2v) is 11.1. The van der Waals surface area contributed by atoms with E-state index in [1.165, 1.54) is 0 Å². The maximum Gasteiger partial charge on any atom is 0.123 e. The highest BCUT2D eigenvalue weighted by atomic mass is 17.2. The SMILES string of the molecule is CC(C)(C)OOC(C)(C)c1ccccc1.CC(C)(OOC(C)(C)c1ccccc1)c1ccccc1. The topological polar surface area (TPSA) is 36.9 Å². The minimum Gasteiger partial charge on any atom is -0.230 e. The maximum absolute atomic E-state index is 5.73. The van der Waals surface area contributed by atoms with E-state index in [1.807, 2.05) is 153 Å². The first-order chi connectivity index (χ1) is 16.2. The first kappa shape index (κ1) is 28.7. The van der Waals surface area contributed by atoms with Crippen molar-refractivity contribution in [2.75, 3.05) is 0 Å². The highest BCUT2D eigenvalue weighted by Crippen LogP contribution is 2.31. The second-order valence-electron chi connectivity index (χ2n) is 11.1. The number of hydrogen-bond donors (Lipinski definition) is 0. The molecule has 0 N–H and O–H groups in total. The highest BCUT2D eigenvalue weighted by molar-refractivity contribution is 5.22. The molecule has 190 valence electrons. The molecule has 0 radical (unpaired) electrons. The Labute approximate surface area is 212 Å². The van der Waals surface area contributed by atoms with Crippen molar-refractivity contribution in [3.8, 4) is 0 Å². The molecule has 3 rings (SSSR count). The van der Waals surface area contributed by atoms with Gasteiger partial charge >= 0.3 is 0 Å². The van der Waals surface area contributed by atoms with Crippen molar-refractivity contribution in [2.24, 2.45) is 0 Å². The molecule has 0 aliphatic rings. The third-order valence-corrected chi connectivity index (χ3v) is 5.37. The summed E-state index contributed by atoms with van der Waals surface area (Å²) in [6.45, 7) is 17.9. The molecule has 4 nitrogen and oxygen atoms in total. The summed E-state index contributed by atoms with van der Waals surface area (Å²) in [7, 11) is 0. The van der Waals surface area contributed by atoms with Crippen molar-refractivity contribution in [3.05, 3.63) is 108 Å². The molecule has 0 amide bonds. The zero-order valence-electron chi connectivity index (χ0n) is 22.8. The molecule has 0 saturated heterocycles. The van der Waals surface area contributed by atoms with Gasteiger partial charge < -0.3 is 0 Å². The van der Waals surface area contributed by atoms with Crippen molar-refractivity contribution in [1.29, 1.82) is 0 Å². The molecular formula is C31H42O4. The van der Waals surface area contributed by atoms with Crippen LogP contribution in [0.4, 0.5) is 0 Å². The van der Waals surface area contributed by atoms with Crippen LogP contribution in [0.2, 0.25) is 0 Å². The van der Waals surface area contributed by atoms with E-state index in [0.29, 0.717) is 0 Å². The lowest BCUT2D eigenvalue weighted by molar-refractivity contribution is -0.410. The second kappa shape index (κ2) is 12.0. The van der Waals surface area contributed by atoms with Crippen LogP contribution in [0.15, 0.2) is 91.0 Å². The molecule has 0 unspecified atom stereocenters. The lowest BCUT2D eigenvalue weighted by Crippen LogP contribution is -2.29. The summed E-state index contributed by atoms with van der Waals surface area (Å²) in [6, 6.07) is 30.2. The number of hydrogen-bond acceptors (Lipinski definition) is 4. The fraction of sp³-hybridized carbons (Fsp3) is 0.419. The van der Waals surface area contributed by atoms with Gasteiger partial charge in [0.05, 0.1) is 5.60 Å². The predicted molar refractivity (Wildman–Crippen MR) is 142 cm³/mol. The number of rotatable bonds is 8. The predicted octanol–water partition coefficient (Wildman–Crippen LogP) is 8.47. The molecule has 0 heterocycles. The third kappa shape index (κ3) is 9.58. The monoisotopic (exact) mass is 478 g/mol. The van der Waals surface area contributed by atoms with Crippen LogP contribution in [0.3, 0.4) is 0 Å². The summed E-state index contributed by atoms with van der Waals surface area (Å²) >= 11 is 0. The Morgan fingerprint density at radius 1 is 0.343 bits per heavy atom. The van der Waals surface area contributed by atoms with Crippen molar-refractivity contribution in [2.45, 2.75) is 84.7 Å². The Balaban J connectivity index is 0.000000258. The average Bonchev–Trinajstić information content (AvgIpc) is 2.83. The minimum absolute atomic E-state index is 0.286. The molecule has 3 aromatic carbocycles. The average molecular weight is 479 g/mol. The quantitative estimate of drug-likeness (QED) is 0.240. The van der Waals surface area contributed by atoms with Crippen LogP contribution in [0.25, 0.3) is 0 Å². The summed E-state index contributed by atoms with van der Waals surface area (Å²) in [5, 5.41) is 0. The smallest absolute Gasteiger partial charge is 0.123 e. The summed E-state index contributed by atoms with van der Waals surface area (Å²) in [6.07, 6.45) is 0. The van der Waals surface area contributed by atoms with Gasteiger partial charge in [-0.3, -0.25) is 0 Å². The van der Waals surface area contributed by atoms with E-state index in [-0.39, 0.29) is 5.60 Å². The summed E-state index contributed by atoms with van der Waals surface area (Å²) < 4.78 is 0. The van der Waals surface area contributed by atoms with E-state index in [4.69, 9.17) is 19.6 Å². The molecular weight excluding hydrogens is 436 g/mol. The molecule has 4 heteroatoms. The Bertz CT molecular complexity index is 937. The van der Waals surface area contributed by atoms with Crippen LogP contribution in [-0.4, -0.2) is 5.60 Å². The van der Waals surface area contributed by atoms with E-state index in [2.05, 4.69) is 0 Å². The summed E-state index contributed by atoms with van der Waals surface area (Å²) in [5.41, 5.74) is 1.59. The van der Waals surface area contributed by atoms with Crippen molar-refractivity contribution >= 4 is 0 Å². The zero-order valence-corrected chi connectivity index (χ0v) is 22.8. The standard InChI is InChI=1S/C18H22O2.C13H20O2/c1-17(2,15-11-7-5-8-12-15)19-20-18(3,4)16-13-9-6-10-14-16;1-12(2,3)14-15-13(4,5)11-9-7-6-8-10-11/h5-14H,1-4H3;6-10H,1-5H3. The van der Waals surface area contributed by atoms with Gasteiger partial charge in [0.2, 0.25) is 0 Å². The Hall–Kier alpha value is -2.50. The van der Waals surface area contributed by atoms with Crippen LogP contribution >= 0.6 is 0 Å².